The molecule has 0 aliphatic carbocycles. The SMILES string of the molecule is CCC1=Nc2ccc3c4c(ccc(c24)O1)N=C(CC)O3. The molecule has 2 aliphatic rings. The Kier molecular flexibility index (Phi) is 2.33. The molecule has 0 bridgehead atoms. The molecule has 0 unspecified atom stereocenters. The zero-order chi connectivity index (χ0) is 13.7. The first-order chi connectivity index (χ1) is 9.80. The van der Waals surface area contributed by atoms with E-state index in [1.807, 2.05) is 38.1 Å². The molecule has 0 atom stereocenters. The highest BCUT2D eigenvalue weighted by Gasteiger charge is 2.23. The molecule has 0 saturated heterocycles. The topological polar surface area (TPSA) is 43.2 Å². The summed E-state index contributed by atoms with van der Waals surface area (Å²) in [5, 5.41) is 1.99. The van der Waals surface area contributed by atoms with Crippen molar-refractivity contribution in [3.8, 4) is 11.5 Å². The Morgan fingerprint density at radius 3 is 1.60 bits per heavy atom. The molecule has 0 saturated carbocycles. The molecular formula is C16H14N2O2. The van der Waals surface area contributed by atoms with Crippen LogP contribution in [0.5, 0.6) is 11.5 Å². The second-order valence-electron chi connectivity index (χ2n) is 4.84. The fraction of sp³-hybridized carbons (Fsp3) is 0.250. The van der Waals surface area contributed by atoms with Crippen LogP contribution in [0.1, 0.15) is 26.7 Å². The Balaban J connectivity index is 2.06. The number of hydrogen-bond acceptors (Lipinski definition) is 4. The van der Waals surface area contributed by atoms with Crippen LogP contribution in [0, 0.1) is 0 Å². The van der Waals surface area contributed by atoms with Crippen molar-refractivity contribution in [3.05, 3.63) is 24.3 Å². The number of hydrogen-bond donors (Lipinski definition) is 0. The molecule has 4 rings (SSSR count). The van der Waals surface area contributed by atoms with E-state index in [4.69, 9.17) is 9.47 Å². The molecule has 4 heteroatoms. The van der Waals surface area contributed by atoms with Crippen LogP contribution in [0.15, 0.2) is 34.3 Å². The van der Waals surface area contributed by atoms with Gasteiger partial charge in [0, 0.05) is 12.8 Å². The van der Waals surface area contributed by atoms with Gasteiger partial charge in [-0.25, -0.2) is 9.98 Å². The van der Waals surface area contributed by atoms with E-state index in [9.17, 15) is 0 Å². The Morgan fingerprint density at radius 2 is 1.20 bits per heavy atom. The van der Waals surface area contributed by atoms with Gasteiger partial charge < -0.3 is 9.47 Å². The summed E-state index contributed by atoms with van der Waals surface area (Å²) in [7, 11) is 0. The molecular weight excluding hydrogens is 252 g/mol. The summed E-state index contributed by atoms with van der Waals surface area (Å²) < 4.78 is 11.7. The van der Waals surface area contributed by atoms with Gasteiger partial charge in [0.1, 0.15) is 11.5 Å². The molecule has 2 aliphatic heterocycles. The lowest BCUT2D eigenvalue weighted by Gasteiger charge is -2.22. The molecule has 100 valence electrons. The van der Waals surface area contributed by atoms with Crippen molar-refractivity contribution in [2.24, 2.45) is 9.98 Å². The van der Waals surface area contributed by atoms with Crippen molar-refractivity contribution >= 4 is 33.9 Å². The number of ether oxygens (including phenoxy) is 2. The predicted molar refractivity (Wildman–Crippen MR) is 80.0 cm³/mol. The molecule has 2 aromatic rings. The van der Waals surface area contributed by atoms with Gasteiger partial charge in [0.05, 0.1) is 22.1 Å². The fourth-order valence-electron chi connectivity index (χ4n) is 2.62. The monoisotopic (exact) mass is 266 g/mol. The minimum atomic E-state index is 0.745. The molecule has 2 heterocycles. The van der Waals surface area contributed by atoms with E-state index in [-0.39, 0.29) is 0 Å². The molecule has 4 nitrogen and oxygen atoms in total. The maximum Gasteiger partial charge on any atom is 0.194 e. The quantitative estimate of drug-likeness (QED) is 0.802. The molecule has 0 N–H and O–H groups in total. The molecule has 20 heavy (non-hydrogen) atoms. The Bertz CT molecular complexity index is 723. The van der Waals surface area contributed by atoms with Crippen LogP contribution in [0.4, 0.5) is 11.4 Å². The van der Waals surface area contributed by atoms with Crippen molar-refractivity contribution in [1.82, 2.24) is 0 Å². The summed E-state index contributed by atoms with van der Waals surface area (Å²) in [5.74, 6) is 3.17. The zero-order valence-corrected chi connectivity index (χ0v) is 11.4. The highest BCUT2D eigenvalue weighted by Crippen LogP contribution is 2.47. The highest BCUT2D eigenvalue weighted by molar-refractivity contribution is 6.13. The maximum atomic E-state index is 5.83. The summed E-state index contributed by atoms with van der Waals surface area (Å²) in [5.41, 5.74) is 1.87. The minimum absolute atomic E-state index is 0.745. The summed E-state index contributed by atoms with van der Waals surface area (Å²) in [6.45, 7) is 4.07. The van der Waals surface area contributed by atoms with Gasteiger partial charge in [-0.15, -0.1) is 0 Å². The van der Waals surface area contributed by atoms with Crippen molar-refractivity contribution < 1.29 is 9.47 Å². The average Bonchev–Trinajstić information content (AvgIpc) is 2.51. The average molecular weight is 266 g/mol. The third kappa shape index (κ3) is 1.48. The van der Waals surface area contributed by atoms with Gasteiger partial charge >= 0.3 is 0 Å². The third-order valence-corrected chi connectivity index (χ3v) is 3.59. The molecule has 0 aromatic heterocycles. The van der Waals surface area contributed by atoms with E-state index >= 15 is 0 Å². The first kappa shape index (κ1) is 11.5. The van der Waals surface area contributed by atoms with Gasteiger partial charge in [-0.2, -0.15) is 0 Å². The number of benzene rings is 2. The van der Waals surface area contributed by atoms with Crippen LogP contribution in [-0.2, 0) is 0 Å². The second-order valence-corrected chi connectivity index (χ2v) is 4.84. The van der Waals surface area contributed by atoms with Crippen LogP contribution in [0.25, 0.3) is 10.8 Å². The predicted octanol–water partition coefficient (Wildman–Crippen LogP) is 4.50. The van der Waals surface area contributed by atoms with Crippen molar-refractivity contribution in [3.63, 3.8) is 0 Å². The molecule has 0 amide bonds. The van der Waals surface area contributed by atoms with Crippen LogP contribution in [-0.4, -0.2) is 11.8 Å². The standard InChI is InChI=1S/C16H14N2O2/c1-3-13-17-9-5-8-12-16-10(18-14(4-2)20-12)6-7-11(19-13)15(9)16/h5-8H,3-4H2,1-2H3. The third-order valence-electron chi connectivity index (χ3n) is 3.59. The maximum absolute atomic E-state index is 5.83. The lowest BCUT2D eigenvalue weighted by molar-refractivity contribution is 0.530. The van der Waals surface area contributed by atoms with Gasteiger partial charge in [0.2, 0.25) is 0 Å². The first-order valence-corrected chi connectivity index (χ1v) is 6.90. The summed E-state index contributed by atoms with van der Waals surface area (Å²) in [6, 6.07) is 7.91. The van der Waals surface area contributed by atoms with E-state index < -0.39 is 0 Å². The van der Waals surface area contributed by atoms with Crippen molar-refractivity contribution in [1.29, 1.82) is 0 Å². The highest BCUT2D eigenvalue weighted by atomic mass is 16.5. The normalized spacial score (nSPS) is 15.3. The van der Waals surface area contributed by atoms with E-state index in [0.717, 1.165) is 58.3 Å². The van der Waals surface area contributed by atoms with Crippen LogP contribution in [0.3, 0.4) is 0 Å². The number of aliphatic imine (C=N–C) groups is 2. The molecule has 0 radical (unpaired) electrons. The Morgan fingerprint density at radius 1 is 0.750 bits per heavy atom. The largest absolute Gasteiger partial charge is 0.442 e. The number of rotatable bonds is 2. The van der Waals surface area contributed by atoms with Gasteiger partial charge in [0.15, 0.2) is 11.8 Å². The van der Waals surface area contributed by atoms with Crippen molar-refractivity contribution in [2.75, 3.05) is 0 Å². The molecule has 2 aromatic carbocycles. The molecule has 0 fully saturated rings. The second kappa shape index (κ2) is 4.07. The lowest BCUT2D eigenvalue weighted by Crippen LogP contribution is -2.13. The van der Waals surface area contributed by atoms with Crippen LogP contribution in [0.2, 0.25) is 0 Å². The van der Waals surface area contributed by atoms with Crippen LogP contribution >= 0.6 is 0 Å². The van der Waals surface area contributed by atoms with Gasteiger partial charge in [-0.05, 0) is 24.3 Å². The first-order valence-electron chi connectivity index (χ1n) is 6.90. The zero-order valence-electron chi connectivity index (χ0n) is 11.4. The summed E-state index contributed by atoms with van der Waals surface area (Å²) >= 11 is 0. The lowest BCUT2D eigenvalue weighted by atomic mass is 10.0. The smallest absolute Gasteiger partial charge is 0.194 e. The number of nitrogens with zero attached hydrogens (tertiary/aromatic N) is 2. The van der Waals surface area contributed by atoms with Crippen molar-refractivity contribution in [2.45, 2.75) is 26.7 Å². The van der Waals surface area contributed by atoms with E-state index in [1.165, 1.54) is 0 Å². The van der Waals surface area contributed by atoms with Gasteiger partial charge in [-0.1, -0.05) is 13.8 Å². The van der Waals surface area contributed by atoms with Crippen LogP contribution < -0.4 is 9.47 Å². The van der Waals surface area contributed by atoms with Gasteiger partial charge in [-0.3, -0.25) is 0 Å². The van der Waals surface area contributed by atoms with E-state index in [2.05, 4.69) is 9.98 Å². The minimum Gasteiger partial charge on any atom is -0.442 e. The van der Waals surface area contributed by atoms with Gasteiger partial charge in [0.25, 0.3) is 0 Å². The summed E-state index contributed by atoms with van der Waals surface area (Å²) in [4.78, 5) is 9.10. The summed E-state index contributed by atoms with van der Waals surface area (Å²) in [6.07, 6.45) is 1.55. The van der Waals surface area contributed by atoms with E-state index in [0.29, 0.717) is 0 Å². The van der Waals surface area contributed by atoms with E-state index in [1.54, 1.807) is 0 Å². The molecule has 0 spiro atoms. The Labute approximate surface area is 116 Å². The Hall–Kier alpha value is -2.36. The fourth-order valence-corrected chi connectivity index (χ4v) is 2.62.